The second-order valence-corrected chi connectivity index (χ2v) is 14.6. The lowest BCUT2D eigenvalue weighted by molar-refractivity contribution is -0.148. The third-order valence-electron chi connectivity index (χ3n) is 11.5. The Morgan fingerprint density at radius 2 is 1.70 bits per heavy atom. The van der Waals surface area contributed by atoms with Crippen molar-refractivity contribution in [2.75, 3.05) is 0 Å². The molecule has 37 heavy (non-hydrogen) atoms. The van der Waals surface area contributed by atoms with Crippen LogP contribution in [0.2, 0.25) is 0 Å². The molecule has 0 bridgehead atoms. The van der Waals surface area contributed by atoms with E-state index in [2.05, 4.69) is 13.8 Å². The molecular weight excluding hydrogens is 472 g/mol. The van der Waals surface area contributed by atoms with Gasteiger partial charge in [-0.15, -0.1) is 0 Å². The molecule has 4 fully saturated rings. The Labute approximate surface area is 221 Å². The van der Waals surface area contributed by atoms with Gasteiger partial charge in [0.2, 0.25) is 0 Å². The monoisotopic (exact) mass is 520 g/mol. The molecule has 4 aliphatic carbocycles. The summed E-state index contributed by atoms with van der Waals surface area (Å²) < 4.78 is 12.4. The first-order valence-electron chi connectivity index (χ1n) is 14.4. The van der Waals surface area contributed by atoms with Crippen LogP contribution in [-0.2, 0) is 14.3 Å². The Hall–Kier alpha value is -0.830. The number of carbonyl (C=O) groups excluding carboxylic acids is 1. The van der Waals surface area contributed by atoms with Crippen molar-refractivity contribution in [3.05, 3.63) is 11.6 Å². The summed E-state index contributed by atoms with van der Waals surface area (Å²) in [7, 11) is 0. The van der Waals surface area contributed by atoms with Crippen LogP contribution in [0.25, 0.3) is 0 Å². The molecule has 0 aromatic heterocycles. The van der Waals surface area contributed by atoms with E-state index in [1.54, 1.807) is 19.9 Å². The highest BCUT2D eigenvalue weighted by atomic mass is 16.7. The fourth-order valence-corrected chi connectivity index (χ4v) is 9.22. The van der Waals surface area contributed by atoms with Gasteiger partial charge in [-0.3, -0.25) is 4.79 Å². The van der Waals surface area contributed by atoms with E-state index in [0.29, 0.717) is 12.8 Å². The Kier molecular flexibility index (Phi) is 6.43. The molecule has 1 heterocycles. The molecule has 0 amide bonds. The van der Waals surface area contributed by atoms with Gasteiger partial charge in [-0.1, -0.05) is 20.8 Å². The fourth-order valence-electron chi connectivity index (χ4n) is 9.22. The number of carbonyl (C=O) groups is 1. The molecule has 1 saturated heterocycles. The van der Waals surface area contributed by atoms with Crippen LogP contribution < -0.4 is 0 Å². The van der Waals surface area contributed by atoms with E-state index < -0.39 is 34.6 Å². The van der Waals surface area contributed by atoms with E-state index >= 15 is 0 Å². The molecule has 0 spiro atoms. The number of allylic oxidation sites excluding steroid dienone is 1. The lowest BCUT2D eigenvalue weighted by Gasteiger charge is -2.60. The van der Waals surface area contributed by atoms with Gasteiger partial charge in [0.15, 0.2) is 11.6 Å². The molecule has 7 nitrogen and oxygen atoms in total. The zero-order chi connectivity index (χ0) is 27.3. The van der Waals surface area contributed by atoms with Gasteiger partial charge in [-0.2, -0.15) is 0 Å². The minimum atomic E-state index is -1.29. The maximum Gasteiger partial charge on any atom is 0.163 e. The van der Waals surface area contributed by atoms with Crippen molar-refractivity contribution in [1.29, 1.82) is 0 Å². The van der Waals surface area contributed by atoms with Crippen molar-refractivity contribution in [3.63, 3.8) is 0 Å². The second kappa shape index (κ2) is 8.58. The van der Waals surface area contributed by atoms with Crippen LogP contribution in [0.4, 0.5) is 0 Å². The molecule has 2 unspecified atom stereocenters. The maximum atomic E-state index is 13.6. The van der Waals surface area contributed by atoms with Crippen LogP contribution in [0.1, 0.15) is 93.4 Å². The third kappa shape index (κ3) is 4.10. The molecular formula is C30H48O7. The van der Waals surface area contributed by atoms with E-state index in [4.69, 9.17) is 9.47 Å². The first kappa shape index (κ1) is 27.7. The number of hydrogen-bond acceptors (Lipinski definition) is 7. The zero-order valence-electron chi connectivity index (χ0n) is 23.7. The summed E-state index contributed by atoms with van der Waals surface area (Å²) in [5, 5.41) is 44.0. The molecule has 7 heteroatoms. The van der Waals surface area contributed by atoms with E-state index in [-0.39, 0.29) is 53.5 Å². The summed E-state index contributed by atoms with van der Waals surface area (Å²) in [6, 6.07) is 0. The molecule has 5 rings (SSSR count). The third-order valence-corrected chi connectivity index (χ3v) is 11.5. The van der Waals surface area contributed by atoms with E-state index in [1.165, 1.54) is 0 Å². The Morgan fingerprint density at radius 1 is 1.05 bits per heavy atom. The van der Waals surface area contributed by atoms with Crippen LogP contribution in [0, 0.1) is 34.5 Å². The van der Waals surface area contributed by atoms with Crippen molar-refractivity contribution in [2.45, 2.75) is 135 Å². The molecule has 1 aliphatic heterocycles. The number of rotatable bonds is 5. The quantitative estimate of drug-likeness (QED) is 0.438. The Morgan fingerprint density at radius 3 is 2.35 bits per heavy atom. The summed E-state index contributed by atoms with van der Waals surface area (Å²) in [5.74, 6) is -0.699. The van der Waals surface area contributed by atoms with Crippen molar-refractivity contribution >= 4 is 5.78 Å². The Balaban J connectivity index is 1.42. The predicted molar refractivity (Wildman–Crippen MR) is 138 cm³/mol. The summed E-state index contributed by atoms with van der Waals surface area (Å²) in [6.45, 7) is 13.3. The minimum absolute atomic E-state index is 0.0343. The first-order chi connectivity index (χ1) is 16.9. The number of fused-ring (bicyclic) bond motifs is 6. The summed E-state index contributed by atoms with van der Waals surface area (Å²) in [5.41, 5.74) is -2.27. The van der Waals surface area contributed by atoms with Gasteiger partial charge in [-0.05, 0) is 101 Å². The van der Waals surface area contributed by atoms with Crippen LogP contribution in [0.3, 0.4) is 0 Å². The van der Waals surface area contributed by atoms with Crippen molar-refractivity contribution in [3.8, 4) is 0 Å². The average Bonchev–Trinajstić information content (AvgIpc) is 3.22. The standard InChI is InChI=1S/C30H48O7/c1-16(21(31)14-25(33)26(2,3)34)17-9-11-30(35)19-12-22(32)20-13-23-24(37-27(4,5)36-23)15-28(20,6)18(19)8-10-29(17,30)7/h12,16-18,20-21,23-25,31,33-35H,8-11,13-15H2,1-7H3/t16-,17+,18?,20-,21-,23+,24-,25?,28+,29+,30+/m0/s1. The summed E-state index contributed by atoms with van der Waals surface area (Å²) >= 11 is 0. The SMILES string of the molecule is C[C@@H]([C@H]1CC[C@@]2(O)C3=CC(=O)[C@@H]4C[C@H]5OC(C)(C)O[C@H]5C[C@]4(C)C3CC[C@]12C)[C@@H](O)CC(O)C(C)(C)O. The number of ketones is 1. The predicted octanol–water partition coefficient (Wildman–Crippen LogP) is 3.51. The summed E-state index contributed by atoms with van der Waals surface area (Å²) in [6.07, 6.45) is 4.34. The van der Waals surface area contributed by atoms with Crippen LogP contribution in [-0.4, -0.2) is 67.6 Å². The highest BCUT2D eigenvalue weighted by Gasteiger charge is 2.68. The van der Waals surface area contributed by atoms with Crippen LogP contribution in [0.15, 0.2) is 11.6 Å². The van der Waals surface area contributed by atoms with Gasteiger partial charge in [0.25, 0.3) is 0 Å². The average molecular weight is 521 g/mol. The highest BCUT2D eigenvalue weighted by molar-refractivity contribution is 5.95. The lowest BCUT2D eigenvalue weighted by atomic mass is 9.46. The summed E-state index contributed by atoms with van der Waals surface area (Å²) in [4.78, 5) is 13.6. The fraction of sp³-hybridized carbons (Fsp3) is 0.900. The zero-order valence-corrected chi connectivity index (χ0v) is 23.7. The smallest absolute Gasteiger partial charge is 0.163 e. The number of ether oxygens (including phenoxy) is 2. The normalized spacial score (nSPS) is 47.3. The molecule has 0 aromatic rings. The van der Waals surface area contributed by atoms with Gasteiger partial charge in [0, 0.05) is 17.8 Å². The highest BCUT2D eigenvalue weighted by Crippen LogP contribution is 2.68. The maximum absolute atomic E-state index is 13.6. The Bertz CT molecular complexity index is 967. The van der Waals surface area contributed by atoms with Gasteiger partial charge in [0.05, 0.1) is 35.6 Å². The number of aliphatic hydroxyl groups is 4. The van der Waals surface area contributed by atoms with E-state index in [0.717, 1.165) is 31.3 Å². The number of hydrogen-bond donors (Lipinski definition) is 4. The van der Waals surface area contributed by atoms with E-state index in [1.807, 2.05) is 20.8 Å². The molecule has 3 saturated carbocycles. The molecule has 5 aliphatic rings. The van der Waals surface area contributed by atoms with Gasteiger partial charge < -0.3 is 29.9 Å². The molecule has 4 N–H and O–H groups in total. The molecule has 210 valence electrons. The van der Waals surface area contributed by atoms with Crippen LogP contribution in [0.5, 0.6) is 0 Å². The first-order valence-corrected chi connectivity index (χ1v) is 14.4. The largest absolute Gasteiger partial charge is 0.393 e. The van der Waals surface area contributed by atoms with Gasteiger partial charge >= 0.3 is 0 Å². The molecule has 0 radical (unpaired) electrons. The van der Waals surface area contributed by atoms with Gasteiger partial charge in [0.1, 0.15) is 0 Å². The number of aliphatic hydroxyl groups excluding tert-OH is 2. The van der Waals surface area contributed by atoms with Crippen molar-refractivity contribution in [1.82, 2.24) is 0 Å². The second-order valence-electron chi connectivity index (χ2n) is 14.6. The lowest BCUT2D eigenvalue weighted by Crippen LogP contribution is -2.60. The topological polar surface area (TPSA) is 116 Å². The van der Waals surface area contributed by atoms with E-state index in [9.17, 15) is 25.2 Å². The van der Waals surface area contributed by atoms with Crippen molar-refractivity contribution in [2.24, 2.45) is 34.5 Å². The van der Waals surface area contributed by atoms with Crippen LogP contribution >= 0.6 is 0 Å². The van der Waals surface area contributed by atoms with Crippen molar-refractivity contribution < 1.29 is 34.7 Å². The van der Waals surface area contributed by atoms with Gasteiger partial charge in [-0.25, -0.2) is 0 Å². The molecule has 11 atom stereocenters. The minimum Gasteiger partial charge on any atom is -0.393 e. The molecule has 0 aromatic carbocycles.